The summed E-state index contributed by atoms with van der Waals surface area (Å²) in [6.07, 6.45) is 11.1. The first-order valence-electron chi connectivity index (χ1n) is 22.7. The molecule has 2 fully saturated rings. The minimum Gasteiger partial charge on any atom is -0.460 e. The van der Waals surface area contributed by atoms with Crippen molar-refractivity contribution in [2.24, 2.45) is 11.8 Å². The number of aromatic amines is 1. The summed E-state index contributed by atoms with van der Waals surface area (Å²) in [7, 11) is 1.64. The van der Waals surface area contributed by atoms with Gasteiger partial charge in [0.1, 0.15) is 18.1 Å². The first kappa shape index (κ1) is 49.5. The summed E-state index contributed by atoms with van der Waals surface area (Å²) in [6, 6.07) is 6.99. The highest BCUT2D eigenvalue weighted by Crippen LogP contribution is 2.28. The van der Waals surface area contributed by atoms with Gasteiger partial charge < -0.3 is 52.4 Å². The monoisotopic (exact) mass is 874 g/mol. The maximum absolute atomic E-state index is 14.0. The van der Waals surface area contributed by atoms with Crippen LogP contribution < -0.4 is 11.2 Å². The van der Waals surface area contributed by atoms with Crippen LogP contribution in [0.25, 0.3) is 22.6 Å². The number of nitrogens with one attached hydrogen (secondary N) is 1. The second-order valence-corrected chi connectivity index (χ2v) is 15.7. The van der Waals surface area contributed by atoms with Gasteiger partial charge >= 0.3 is 11.7 Å². The number of carbonyl (C=O) groups excluding carboxylic acids is 1. The van der Waals surface area contributed by atoms with Crippen molar-refractivity contribution in [1.29, 1.82) is 0 Å². The van der Waals surface area contributed by atoms with E-state index in [-0.39, 0.29) is 30.0 Å². The largest absolute Gasteiger partial charge is 0.460 e. The number of esters is 1. The predicted octanol–water partition coefficient (Wildman–Crippen LogP) is 4.65. The molecule has 1 N–H and O–H groups in total. The number of benzene rings is 1. The van der Waals surface area contributed by atoms with Gasteiger partial charge in [0, 0.05) is 25.8 Å². The minimum absolute atomic E-state index is 0.0462. The van der Waals surface area contributed by atoms with Gasteiger partial charge in [0.2, 0.25) is 0 Å². The molecule has 0 unspecified atom stereocenters. The Morgan fingerprint density at radius 2 is 1.00 bits per heavy atom. The van der Waals surface area contributed by atoms with E-state index in [0.717, 1.165) is 51.4 Å². The van der Waals surface area contributed by atoms with Crippen molar-refractivity contribution in [3.63, 3.8) is 0 Å². The summed E-state index contributed by atoms with van der Waals surface area (Å²) in [4.78, 5) is 49.3. The van der Waals surface area contributed by atoms with Crippen LogP contribution in [0.1, 0.15) is 74.6 Å². The Balaban J connectivity index is 0.936. The summed E-state index contributed by atoms with van der Waals surface area (Å²) in [5.74, 6) is 0.462. The fourth-order valence-electron chi connectivity index (χ4n) is 7.80. The topological polar surface area (TPSA) is 182 Å². The molecule has 3 aromatic rings. The fraction of sp³-hybridized carbons (Fsp3) is 0.733. The van der Waals surface area contributed by atoms with Crippen LogP contribution >= 0.6 is 0 Å². The van der Waals surface area contributed by atoms with Gasteiger partial charge in [-0.15, -0.1) is 0 Å². The first-order valence-corrected chi connectivity index (χ1v) is 22.7. The molecule has 2 aliphatic rings. The van der Waals surface area contributed by atoms with Crippen molar-refractivity contribution in [2.75, 3.05) is 126 Å². The number of rotatable bonds is 33. The van der Waals surface area contributed by atoms with E-state index >= 15 is 0 Å². The molecule has 5 rings (SSSR count). The lowest BCUT2D eigenvalue weighted by Crippen LogP contribution is -2.42. The highest BCUT2D eigenvalue weighted by molar-refractivity contribution is 5.97. The highest BCUT2D eigenvalue weighted by atomic mass is 16.6. The van der Waals surface area contributed by atoms with Gasteiger partial charge in [-0.1, -0.05) is 56.7 Å². The van der Waals surface area contributed by atoms with Gasteiger partial charge in [0.05, 0.1) is 118 Å². The summed E-state index contributed by atoms with van der Waals surface area (Å²) < 4.78 is 57.5. The molecule has 348 valence electrons. The number of H-pyrrole nitrogens is 1. The number of hydrogen-bond acceptors (Lipinski definition) is 14. The molecular weight excluding hydrogens is 805 g/mol. The third-order valence-electron chi connectivity index (χ3n) is 11.1. The Bertz CT molecular complexity index is 1800. The maximum Gasteiger partial charge on any atom is 0.338 e. The summed E-state index contributed by atoms with van der Waals surface area (Å²) in [6.45, 7) is 8.81. The molecule has 0 atom stereocenters. The zero-order chi connectivity index (χ0) is 43.5. The Morgan fingerprint density at radius 3 is 1.47 bits per heavy atom. The highest BCUT2D eigenvalue weighted by Gasteiger charge is 2.25. The molecular formula is C45H70N4O13. The average molecular weight is 875 g/mol. The number of hydrogen-bond donors (Lipinski definition) is 1. The van der Waals surface area contributed by atoms with Crippen molar-refractivity contribution in [3.05, 3.63) is 50.7 Å². The predicted molar refractivity (Wildman–Crippen MR) is 232 cm³/mol. The Morgan fingerprint density at radius 1 is 0.581 bits per heavy atom. The van der Waals surface area contributed by atoms with E-state index in [2.05, 4.69) is 4.98 Å². The quantitative estimate of drug-likeness (QED) is 0.0660. The van der Waals surface area contributed by atoms with Gasteiger partial charge in [-0.2, -0.15) is 0 Å². The van der Waals surface area contributed by atoms with E-state index in [1.54, 1.807) is 35.9 Å². The van der Waals surface area contributed by atoms with E-state index in [9.17, 15) is 14.4 Å². The zero-order valence-electron chi connectivity index (χ0n) is 36.8. The molecule has 2 saturated carbocycles. The van der Waals surface area contributed by atoms with E-state index < -0.39 is 5.97 Å². The number of nitrogens with zero attached hydrogens (tertiary/aromatic N) is 3. The summed E-state index contributed by atoms with van der Waals surface area (Å²) in [5, 5.41) is 0. The molecule has 0 aliphatic heterocycles. The number of ether oxygens (including phenoxy) is 10. The maximum atomic E-state index is 14.0. The van der Waals surface area contributed by atoms with Crippen molar-refractivity contribution < 1.29 is 52.2 Å². The van der Waals surface area contributed by atoms with Crippen LogP contribution in [-0.2, 0) is 60.5 Å². The average Bonchev–Trinajstić information content (AvgIpc) is 3.75. The molecule has 0 bridgehead atoms. The van der Waals surface area contributed by atoms with Crippen LogP contribution in [0, 0.1) is 11.8 Å². The van der Waals surface area contributed by atoms with Crippen LogP contribution in [0.15, 0.2) is 33.9 Å². The number of imidazole rings is 1. The molecule has 0 saturated heterocycles. The second-order valence-electron chi connectivity index (χ2n) is 15.7. The van der Waals surface area contributed by atoms with Gasteiger partial charge in [-0.3, -0.25) is 13.9 Å². The van der Waals surface area contributed by atoms with Gasteiger partial charge in [-0.05, 0) is 43.6 Å². The molecule has 2 aromatic heterocycles. The summed E-state index contributed by atoms with van der Waals surface area (Å²) in [5.41, 5.74) is 0.750. The molecule has 62 heavy (non-hydrogen) atoms. The molecule has 17 nitrogen and oxygen atoms in total. The SMILES string of the molecule is COCCOCCOCCOCCOCCOCCOCCOCCOCCOC(=O)c1ccccc1-c1nc2c(=O)n(CC3CCCCC3)c(=O)n(CC3CCCCC3)c2[nH]1. The minimum atomic E-state index is -0.539. The molecule has 0 spiro atoms. The normalized spacial score (nSPS) is 15.2. The number of carbonyl (C=O) groups is 1. The Kier molecular flexibility index (Phi) is 23.8. The third kappa shape index (κ3) is 17.2. The third-order valence-corrected chi connectivity index (χ3v) is 11.1. The smallest absolute Gasteiger partial charge is 0.338 e. The van der Waals surface area contributed by atoms with E-state index in [0.29, 0.717) is 153 Å². The van der Waals surface area contributed by atoms with Crippen LogP contribution in [0.3, 0.4) is 0 Å². The van der Waals surface area contributed by atoms with Gasteiger partial charge in [0.25, 0.3) is 5.56 Å². The molecule has 2 heterocycles. The van der Waals surface area contributed by atoms with Gasteiger partial charge in [0.15, 0.2) is 5.52 Å². The second kappa shape index (κ2) is 29.8. The standard InChI is InChI=1S/C45H70N4O13/c1-53-16-17-54-18-19-55-20-21-56-22-23-57-24-25-58-26-27-59-28-29-60-30-31-61-32-33-62-44(51)39-15-9-8-14-38(39)41-46-40-42(47-41)48(34-36-10-4-2-5-11-36)45(52)49(43(40)50)35-37-12-6-3-7-13-37/h8-9,14-15,36-37H,2-7,10-13,16-35H2,1H3,(H,46,47). The lowest BCUT2D eigenvalue weighted by atomic mass is 9.89. The lowest BCUT2D eigenvalue weighted by Gasteiger charge is -2.24. The molecule has 0 radical (unpaired) electrons. The van der Waals surface area contributed by atoms with E-state index in [4.69, 9.17) is 52.4 Å². The lowest BCUT2D eigenvalue weighted by molar-refractivity contribution is -0.0253. The number of methoxy groups -OCH3 is 1. The Hall–Kier alpha value is -3.52. The van der Waals surface area contributed by atoms with Crippen molar-refractivity contribution in [1.82, 2.24) is 19.1 Å². The first-order chi connectivity index (χ1) is 30.6. The van der Waals surface area contributed by atoms with Crippen LogP contribution in [0.5, 0.6) is 0 Å². The number of fused-ring (bicyclic) bond motifs is 1. The van der Waals surface area contributed by atoms with Gasteiger partial charge in [-0.25, -0.2) is 14.6 Å². The van der Waals surface area contributed by atoms with Crippen LogP contribution in [0.2, 0.25) is 0 Å². The zero-order valence-corrected chi connectivity index (χ0v) is 36.8. The molecule has 2 aliphatic carbocycles. The Labute approximate surface area is 364 Å². The van der Waals surface area contributed by atoms with Crippen molar-refractivity contribution in [3.8, 4) is 11.4 Å². The molecule has 0 amide bonds. The van der Waals surface area contributed by atoms with Crippen LogP contribution in [-0.4, -0.2) is 151 Å². The van der Waals surface area contributed by atoms with E-state index in [1.165, 1.54) is 17.4 Å². The number of aromatic nitrogens is 4. The summed E-state index contributed by atoms with van der Waals surface area (Å²) >= 11 is 0. The van der Waals surface area contributed by atoms with Crippen molar-refractivity contribution >= 4 is 17.1 Å². The molecule has 1 aromatic carbocycles. The fourth-order valence-corrected chi connectivity index (χ4v) is 7.80. The molecule has 17 heteroatoms. The van der Waals surface area contributed by atoms with E-state index in [1.807, 2.05) is 0 Å². The van der Waals surface area contributed by atoms with Crippen molar-refractivity contribution in [2.45, 2.75) is 77.3 Å². The van der Waals surface area contributed by atoms with Crippen LogP contribution in [0.4, 0.5) is 0 Å².